The SMILES string of the molecule is CCNC(=NCC(C)(O)c1ccc(C)o1)NCCS(=O)(=O)N1CCSCC1. The molecule has 3 N–H and O–H groups in total. The third-order valence-electron chi connectivity index (χ3n) is 4.18. The van der Waals surface area contributed by atoms with E-state index in [0.717, 1.165) is 17.3 Å². The van der Waals surface area contributed by atoms with Crippen molar-refractivity contribution in [2.45, 2.75) is 26.4 Å². The number of rotatable bonds is 8. The van der Waals surface area contributed by atoms with E-state index < -0.39 is 15.6 Å². The van der Waals surface area contributed by atoms with Gasteiger partial charge in [0, 0.05) is 37.7 Å². The third kappa shape index (κ3) is 6.70. The summed E-state index contributed by atoms with van der Waals surface area (Å²) < 4.78 is 31.8. The molecule has 1 fully saturated rings. The van der Waals surface area contributed by atoms with E-state index in [2.05, 4.69) is 15.6 Å². The number of aryl methyl sites for hydroxylation is 1. The van der Waals surface area contributed by atoms with Gasteiger partial charge in [0.1, 0.15) is 17.1 Å². The molecule has 1 aliphatic heterocycles. The molecule has 0 aliphatic carbocycles. The number of hydrogen-bond acceptors (Lipinski definition) is 6. The topological polar surface area (TPSA) is 107 Å². The summed E-state index contributed by atoms with van der Waals surface area (Å²) in [5.41, 5.74) is -1.24. The molecule has 0 saturated carbocycles. The number of nitrogens with one attached hydrogen (secondary N) is 2. The average Bonchev–Trinajstić information content (AvgIpc) is 3.08. The summed E-state index contributed by atoms with van der Waals surface area (Å²) in [7, 11) is -3.27. The molecule has 1 unspecified atom stereocenters. The largest absolute Gasteiger partial charge is 0.463 e. The van der Waals surface area contributed by atoms with Crippen molar-refractivity contribution in [1.29, 1.82) is 0 Å². The number of aliphatic hydroxyl groups is 1. The van der Waals surface area contributed by atoms with Crippen LogP contribution >= 0.6 is 11.8 Å². The van der Waals surface area contributed by atoms with E-state index in [4.69, 9.17) is 4.42 Å². The van der Waals surface area contributed by atoms with Gasteiger partial charge in [0.2, 0.25) is 10.0 Å². The van der Waals surface area contributed by atoms with Crippen LogP contribution in [-0.2, 0) is 15.6 Å². The molecule has 1 saturated heterocycles. The maximum atomic E-state index is 12.4. The molecule has 0 amide bonds. The smallest absolute Gasteiger partial charge is 0.215 e. The molecule has 0 aromatic carbocycles. The molecule has 0 bridgehead atoms. The standard InChI is InChI=1S/C17H30N4O4S2/c1-4-18-16(20-13-17(3,22)15-6-5-14(2)25-15)19-7-12-27(23,24)21-8-10-26-11-9-21/h5-6,22H,4,7-13H2,1-3H3,(H2,18,19,20). The highest BCUT2D eigenvalue weighted by Gasteiger charge is 2.27. The van der Waals surface area contributed by atoms with Crippen molar-refractivity contribution >= 4 is 27.7 Å². The van der Waals surface area contributed by atoms with E-state index in [1.54, 1.807) is 35.1 Å². The number of guanidine groups is 1. The molecule has 0 spiro atoms. The Hall–Kier alpha value is -1.23. The van der Waals surface area contributed by atoms with E-state index in [-0.39, 0.29) is 18.8 Å². The number of sulfonamides is 1. The van der Waals surface area contributed by atoms with Gasteiger partial charge in [-0.15, -0.1) is 0 Å². The predicted octanol–water partition coefficient (Wildman–Crippen LogP) is 0.729. The van der Waals surface area contributed by atoms with Crippen LogP contribution in [0.4, 0.5) is 0 Å². The average molecular weight is 419 g/mol. The van der Waals surface area contributed by atoms with Gasteiger partial charge in [0.05, 0.1) is 12.3 Å². The molecule has 0 radical (unpaired) electrons. The third-order valence-corrected chi connectivity index (χ3v) is 6.99. The minimum Gasteiger partial charge on any atom is -0.463 e. The molecular weight excluding hydrogens is 388 g/mol. The first-order chi connectivity index (χ1) is 12.7. The first kappa shape index (κ1) is 22.1. The Kier molecular flexibility index (Phi) is 8.02. The molecular formula is C17H30N4O4S2. The van der Waals surface area contributed by atoms with Crippen LogP contribution in [0.15, 0.2) is 21.5 Å². The highest BCUT2D eigenvalue weighted by Crippen LogP contribution is 2.23. The molecule has 8 nitrogen and oxygen atoms in total. The summed E-state index contributed by atoms with van der Waals surface area (Å²) in [6, 6.07) is 3.52. The molecule has 154 valence electrons. The van der Waals surface area contributed by atoms with Gasteiger partial charge in [0.25, 0.3) is 0 Å². The van der Waals surface area contributed by atoms with Crippen LogP contribution in [0.2, 0.25) is 0 Å². The molecule has 2 heterocycles. The predicted molar refractivity (Wildman–Crippen MR) is 110 cm³/mol. The van der Waals surface area contributed by atoms with Crippen LogP contribution in [0.25, 0.3) is 0 Å². The quantitative estimate of drug-likeness (QED) is 0.422. The van der Waals surface area contributed by atoms with Crippen LogP contribution in [0.5, 0.6) is 0 Å². The summed E-state index contributed by atoms with van der Waals surface area (Å²) >= 11 is 1.78. The fraction of sp³-hybridized carbons (Fsp3) is 0.706. The highest BCUT2D eigenvalue weighted by molar-refractivity contribution is 7.99. The number of nitrogens with zero attached hydrogens (tertiary/aromatic N) is 2. The summed E-state index contributed by atoms with van der Waals surface area (Å²) in [6.45, 7) is 7.49. The lowest BCUT2D eigenvalue weighted by atomic mass is 10.0. The van der Waals surface area contributed by atoms with Crippen molar-refractivity contribution in [3.8, 4) is 0 Å². The van der Waals surface area contributed by atoms with Gasteiger partial charge in [-0.3, -0.25) is 0 Å². The van der Waals surface area contributed by atoms with Crippen molar-refractivity contribution in [2.75, 3.05) is 50.0 Å². The number of hydrogen-bond donors (Lipinski definition) is 3. The normalized spacial score (nSPS) is 18.9. The molecule has 1 atom stereocenters. The second-order valence-corrected chi connectivity index (χ2v) is 9.95. The lowest BCUT2D eigenvalue weighted by molar-refractivity contribution is 0.0428. The Bertz CT molecular complexity index is 725. The Morgan fingerprint density at radius 2 is 2.07 bits per heavy atom. The Balaban J connectivity index is 1.91. The lowest BCUT2D eigenvalue weighted by Crippen LogP contribution is -2.44. The molecule has 1 aromatic rings. The summed E-state index contributed by atoms with van der Waals surface area (Å²) in [4.78, 5) is 4.38. The first-order valence-corrected chi connectivity index (χ1v) is 11.9. The Morgan fingerprint density at radius 1 is 1.37 bits per heavy atom. The monoisotopic (exact) mass is 418 g/mol. The van der Waals surface area contributed by atoms with Gasteiger partial charge in [-0.25, -0.2) is 17.7 Å². The molecule has 1 aliphatic rings. The van der Waals surface area contributed by atoms with Crippen molar-refractivity contribution in [3.05, 3.63) is 23.7 Å². The van der Waals surface area contributed by atoms with Crippen molar-refractivity contribution in [1.82, 2.24) is 14.9 Å². The Morgan fingerprint density at radius 3 is 2.67 bits per heavy atom. The molecule has 27 heavy (non-hydrogen) atoms. The van der Waals surface area contributed by atoms with Crippen LogP contribution in [0.3, 0.4) is 0 Å². The van der Waals surface area contributed by atoms with Crippen LogP contribution in [-0.4, -0.2) is 73.8 Å². The molecule has 1 aromatic heterocycles. The zero-order valence-corrected chi connectivity index (χ0v) is 17.8. The van der Waals surface area contributed by atoms with E-state index >= 15 is 0 Å². The van der Waals surface area contributed by atoms with E-state index in [1.165, 1.54) is 0 Å². The minimum absolute atomic E-state index is 0.00977. The summed E-state index contributed by atoms with van der Waals surface area (Å²) in [5.74, 6) is 3.34. The second-order valence-electron chi connectivity index (χ2n) is 6.63. The van der Waals surface area contributed by atoms with E-state index in [1.807, 2.05) is 13.8 Å². The highest BCUT2D eigenvalue weighted by atomic mass is 32.2. The molecule has 10 heteroatoms. The van der Waals surface area contributed by atoms with Crippen molar-refractivity contribution in [3.63, 3.8) is 0 Å². The fourth-order valence-corrected chi connectivity index (χ4v) is 5.12. The summed E-state index contributed by atoms with van der Waals surface area (Å²) in [6.07, 6.45) is 0. The van der Waals surface area contributed by atoms with Gasteiger partial charge in [-0.2, -0.15) is 11.8 Å². The van der Waals surface area contributed by atoms with Gasteiger partial charge >= 0.3 is 0 Å². The lowest BCUT2D eigenvalue weighted by Gasteiger charge is -2.25. The maximum Gasteiger partial charge on any atom is 0.215 e. The van der Waals surface area contributed by atoms with Crippen LogP contribution in [0, 0.1) is 6.92 Å². The van der Waals surface area contributed by atoms with Gasteiger partial charge in [-0.1, -0.05) is 0 Å². The number of thioether (sulfide) groups is 1. The van der Waals surface area contributed by atoms with Crippen molar-refractivity contribution < 1.29 is 17.9 Å². The number of furan rings is 1. The minimum atomic E-state index is -3.27. The summed E-state index contributed by atoms with van der Waals surface area (Å²) in [5, 5.41) is 16.7. The van der Waals surface area contributed by atoms with Crippen molar-refractivity contribution in [2.24, 2.45) is 4.99 Å². The van der Waals surface area contributed by atoms with E-state index in [0.29, 0.717) is 31.4 Å². The van der Waals surface area contributed by atoms with Gasteiger partial charge in [0.15, 0.2) is 5.96 Å². The van der Waals surface area contributed by atoms with E-state index in [9.17, 15) is 13.5 Å². The van der Waals surface area contributed by atoms with Crippen LogP contribution in [0.1, 0.15) is 25.4 Å². The first-order valence-electron chi connectivity index (χ1n) is 9.11. The zero-order chi connectivity index (χ0) is 19.9. The fourth-order valence-electron chi connectivity index (χ4n) is 2.63. The van der Waals surface area contributed by atoms with Gasteiger partial charge in [-0.05, 0) is 32.9 Å². The molecule has 2 rings (SSSR count). The zero-order valence-electron chi connectivity index (χ0n) is 16.2. The second kappa shape index (κ2) is 9.81. The van der Waals surface area contributed by atoms with Gasteiger partial charge < -0.3 is 20.2 Å². The maximum absolute atomic E-state index is 12.4. The Labute approximate surface area is 165 Å². The van der Waals surface area contributed by atoms with Crippen LogP contribution < -0.4 is 10.6 Å². The number of aliphatic imine (C=N–C) groups is 1.